The van der Waals surface area contributed by atoms with Crippen molar-refractivity contribution in [3.63, 3.8) is 0 Å². The van der Waals surface area contributed by atoms with Gasteiger partial charge in [0.05, 0.1) is 0 Å². The number of carbonyl (C=O) groups is 2. The number of rotatable bonds is 4. The molecule has 0 aromatic heterocycles. The summed E-state index contributed by atoms with van der Waals surface area (Å²) in [5.74, 6) is 0.153. The van der Waals surface area contributed by atoms with E-state index in [1.54, 1.807) is 7.05 Å². The van der Waals surface area contributed by atoms with Gasteiger partial charge in [-0.25, -0.2) is 0 Å². The molecule has 2 amide bonds. The number of hydrogen-bond acceptors (Lipinski definition) is 4. The van der Waals surface area contributed by atoms with Gasteiger partial charge in [-0.2, -0.15) is 0 Å². The van der Waals surface area contributed by atoms with Crippen LogP contribution in [0.1, 0.15) is 37.0 Å². The van der Waals surface area contributed by atoms with Crippen molar-refractivity contribution in [2.24, 2.45) is 0 Å². The Morgan fingerprint density at radius 1 is 1.12 bits per heavy atom. The summed E-state index contributed by atoms with van der Waals surface area (Å²) in [6.07, 6.45) is 2.75. The Bertz CT molecular complexity index is 481. The number of nitrogens with zero attached hydrogens (tertiary/aromatic N) is 2. The van der Waals surface area contributed by atoms with Crippen LogP contribution in [-0.2, 0) is 4.79 Å². The molecule has 0 aliphatic carbocycles. The van der Waals surface area contributed by atoms with Gasteiger partial charge in [-0.1, -0.05) is 13.8 Å². The number of nitrogens with one attached hydrogen (secondary N) is 2. The first-order chi connectivity index (χ1) is 12.0. The summed E-state index contributed by atoms with van der Waals surface area (Å²) in [6.45, 7) is 5.71. The minimum atomic E-state index is 0.153. The second kappa shape index (κ2) is 13.2. The lowest BCUT2D eigenvalue weighted by Crippen LogP contribution is -2.44. The van der Waals surface area contributed by atoms with E-state index >= 15 is 0 Å². The molecule has 1 saturated heterocycles. The maximum atomic E-state index is 12.4. The van der Waals surface area contributed by atoms with Crippen LogP contribution < -0.4 is 10.6 Å². The molecule has 1 aromatic carbocycles. The van der Waals surface area contributed by atoms with Gasteiger partial charge in [-0.05, 0) is 51.2 Å². The maximum absolute atomic E-state index is 12.4. The van der Waals surface area contributed by atoms with Crippen LogP contribution in [0.4, 0.5) is 5.69 Å². The Balaban J connectivity index is 0.000000845. The fourth-order valence-electron chi connectivity index (χ4n) is 2.55. The summed E-state index contributed by atoms with van der Waals surface area (Å²) in [7, 11) is 7.66. The molecule has 6 nitrogen and oxygen atoms in total. The highest BCUT2D eigenvalue weighted by atomic mass is 16.2. The molecule has 2 N–H and O–H groups in total. The Morgan fingerprint density at radius 3 is 1.96 bits per heavy atom. The molecular formula is C19H34N4O2. The molecule has 1 fully saturated rings. The SMILES string of the molecule is CC.CNC=O.CNc1ccc(C(=O)N2CCC(N(C)C)CC2)cc1. The van der Waals surface area contributed by atoms with Gasteiger partial charge in [0.15, 0.2) is 0 Å². The molecule has 2 rings (SSSR count). The van der Waals surface area contributed by atoms with Gasteiger partial charge in [0.25, 0.3) is 5.91 Å². The molecule has 6 heteroatoms. The van der Waals surface area contributed by atoms with Crippen molar-refractivity contribution >= 4 is 18.0 Å². The first kappa shape index (κ1) is 22.9. The van der Waals surface area contributed by atoms with Crippen LogP contribution in [0.5, 0.6) is 0 Å². The van der Waals surface area contributed by atoms with Crippen molar-refractivity contribution in [3.8, 4) is 0 Å². The van der Waals surface area contributed by atoms with Crippen LogP contribution in [0, 0.1) is 0 Å². The number of carbonyl (C=O) groups excluding carboxylic acids is 2. The van der Waals surface area contributed by atoms with Gasteiger partial charge >= 0.3 is 0 Å². The lowest BCUT2D eigenvalue weighted by Gasteiger charge is -2.35. The molecule has 25 heavy (non-hydrogen) atoms. The Labute approximate surface area is 152 Å². The Morgan fingerprint density at radius 2 is 1.60 bits per heavy atom. The van der Waals surface area contributed by atoms with Crippen molar-refractivity contribution in [3.05, 3.63) is 29.8 Å². The van der Waals surface area contributed by atoms with Gasteiger partial charge in [0.2, 0.25) is 6.41 Å². The molecule has 0 radical (unpaired) electrons. The van der Waals surface area contributed by atoms with E-state index in [4.69, 9.17) is 4.79 Å². The van der Waals surface area contributed by atoms with E-state index in [1.165, 1.54) is 0 Å². The largest absolute Gasteiger partial charge is 0.388 e. The zero-order valence-corrected chi connectivity index (χ0v) is 16.5. The average molecular weight is 351 g/mol. The predicted octanol–water partition coefficient (Wildman–Crippen LogP) is 2.28. The van der Waals surface area contributed by atoms with Gasteiger partial charge in [-0.3, -0.25) is 9.59 Å². The highest BCUT2D eigenvalue weighted by Crippen LogP contribution is 2.17. The molecule has 0 atom stereocenters. The summed E-state index contributed by atoms with van der Waals surface area (Å²) in [4.78, 5) is 25.7. The molecule has 1 aliphatic rings. The smallest absolute Gasteiger partial charge is 0.253 e. The van der Waals surface area contributed by atoms with Gasteiger partial charge in [-0.15, -0.1) is 0 Å². The summed E-state index contributed by atoms with van der Waals surface area (Å²) >= 11 is 0. The second-order valence-corrected chi connectivity index (χ2v) is 5.72. The number of anilines is 1. The third kappa shape index (κ3) is 8.03. The summed E-state index contributed by atoms with van der Waals surface area (Å²) in [6, 6.07) is 8.29. The summed E-state index contributed by atoms with van der Waals surface area (Å²) in [5, 5.41) is 5.31. The molecule has 0 spiro atoms. The van der Waals surface area contributed by atoms with Crippen LogP contribution in [-0.4, -0.2) is 69.4 Å². The third-order valence-electron chi connectivity index (χ3n) is 4.02. The normalized spacial score (nSPS) is 13.8. The van der Waals surface area contributed by atoms with Crippen molar-refractivity contribution in [2.45, 2.75) is 32.7 Å². The third-order valence-corrected chi connectivity index (χ3v) is 4.02. The van der Waals surface area contributed by atoms with Crippen LogP contribution in [0.3, 0.4) is 0 Å². The number of piperidine rings is 1. The topological polar surface area (TPSA) is 64.7 Å². The van der Waals surface area contributed by atoms with Gasteiger partial charge < -0.3 is 20.4 Å². The lowest BCUT2D eigenvalue weighted by atomic mass is 10.0. The summed E-state index contributed by atoms with van der Waals surface area (Å²) < 4.78 is 0. The Kier molecular flexibility index (Phi) is 12.1. The molecule has 1 heterocycles. The standard InChI is InChI=1S/C15H23N3O.C2H5NO.C2H6/c1-16-13-6-4-12(5-7-13)15(19)18-10-8-14(9-11-18)17(2)3;1-3-2-4;1-2/h4-7,14,16H,8-11H2,1-3H3;2H,1H3,(H,3,4);1-2H3. The van der Waals surface area contributed by atoms with Crippen molar-refractivity contribution in [2.75, 3.05) is 46.6 Å². The number of hydrogen-bond donors (Lipinski definition) is 2. The fourth-order valence-corrected chi connectivity index (χ4v) is 2.55. The Hall–Kier alpha value is -2.08. The van der Waals surface area contributed by atoms with Gasteiger partial charge in [0, 0.05) is 44.5 Å². The lowest BCUT2D eigenvalue weighted by molar-refractivity contribution is -0.109. The summed E-state index contributed by atoms with van der Waals surface area (Å²) in [5.41, 5.74) is 1.81. The van der Waals surface area contributed by atoms with Crippen molar-refractivity contribution < 1.29 is 9.59 Å². The van der Waals surface area contributed by atoms with E-state index in [0.29, 0.717) is 12.5 Å². The zero-order valence-electron chi connectivity index (χ0n) is 16.5. The van der Waals surface area contributed by atoms with E-state index in [0.717, 1.165) is 37.2 Å². The van der Waals surface area contributed by atoms with E-state index in [1.807, 2.05) is 50.1 Å². The monoisotopic (exact) mass is 350 g/mol. The zero-order chi connectivity index (χ0) is 19.2. The second-order valence-electron chi connectivity index (χ2n) is 5.72. The average Bonchev–Trinajstić information content (AvgIpc) is 2.69. The van der Waals surface area contributed by atoms with E-state index in [2.05, 4.69) is 29.6 Å². The predicted molar refractivity (Wildman–Crippen MR) is 105 cm³/mol. The maximum Gasteiger partial charge on any atom is 0.253 e. The molecule has 0 unspecified atom stereocenters. The van der Waals surface area contributed by atoms with Crippen molar-refractivity contribution in [1.29, 1.82) is 0 Å². The minimum absolute atomic E-state index is 0.153. The molecule has 1 aliphatic heterocycles. The van der Waals surface area contributed by atoms with E-state index < -0.39 is 0 Å². The first-order valence-corrected chi connectivity index (χ1v) is 8.88. The van der Waals surface area contributed by atoms with E-state index in [-0.39, 0.29) is 5.91 Å². The molecule has 0 saturated carbocycles. The number of amides is 2. The molecular weight excluding hydrogens is 316 g/mol. The fraction of sp³-hybridized carbons (Fsp3) is 0.579. The highest BCUT2D eigenvalue weighted by Gasteiger charge is 2.24. The number of benzene rings is 1. The molecule has 1 aromatic rings. The van der Waals surface area contributed by atoms with Crippen LogP contribution in [0.25, 0.3) is 0 Å². The van der Waals surface area contributed by atoms with Crippen LogP contribution >= 0.6 is 0 Å². The first-order valence-electron chi connectivity index (χ1n) is 8.88. The van der Waals surface area contributed by atoms with Gasteiger partial charge in [0.1, 0.15) is 0 Å². The van der Waals surface area contributed by atoms with Crippen LogP contribution in [0.15, 0.2) is 24.3 Å². The van der Waals surface area contributed by atoms with Crippen LogP contribution in [0.2, 0.25) is 0 Å². The minimum Gasteiger partial charge on any atom is -0.388 e. The van der Waals surface area contributed by atoms with Crippen molar-refractivity contribution in [1.82, 2.24) is 15.1 Å². The quantitative estimate of drug-likeness (QED) is 0.818. The number of likely N-dealkylation sites (tertiary alicyclic amines) is 1. The molecule has 142 valence electrons. The molecule has 0 bridgehead atoms. The van der Waals surface area contributed by atoms with E-state index in [9.17, 15) is 4.79 Å². The highest BCUT2D eigenvalue weighted by molar-refractivity contribution is 5.94.